The van der Waals surface area contributed by atoms with Crippen LogP contribution in [-0.4, -0.2) is 30.4 Å². The largest absolute Gasteiger partial charge is 0.465 e. The van der Waals surface area contributed by atoms with Crippen LogP contribution in [0.25, 0.3) is 0 Å². The van der Waals surface area contributed by atoms with Crippen molar-refractivity contribution in [2.45, 2.75) is 25.9 Å². The zero-order chi connectivity index (χ0) is 12.4. The van der Waals surface area contributed by atoms with Gasteiger partial charge in [-0.15, -0.1) is 0 Å². The maximum Gasteiger partial charge on any atom is 0.337 e. The van der Waals surface area contributed by atoms with E-state index in [1.165, 1.54) is 12.7 Å². The lowest BCUT2D eigenvalue weighted by Crippen LogP contribution is -2.37. The maximum absolute atomic E-state index is 11.4. The Balaban J connectivity index is 2.33. The molecule has 4 nitrogen and oxygen atoms in total. The molecule has 1 aliphatic heterocycles. The molecule has 1 heterocycles. The number of carbonyl (C=O) groups is 2. The first-order valence-corrected chi connectivity index (χ1v) is 5.57. The molecule has 1 aliphatic rings. The van der Waals surface area contributed by atoms with Crippen molar-refractivity contribution in [3.8, 4) is 0 Å². The van der Waals surface area contributed by atoms with Crippen LogP contribution in [0.3, 0.4) is 0 Å². The van der Waals surface area contributed by atoms with Crippen molar-refractivity contribution >= 4 is 12.4 Å². The van der Waals surface area contributed by atoms with Crippen LogP contribution in [0.1, 0.15) is 28.4 Å². The minimum Gasteiger partial charge on any atom is -0.465 e. The van der Waals surface area contributed by atoms with Crippen LogP contribution >= 0.6 is 0 Å². The minimum atomic E-state index is -0.343. The fourth-order valence-electron chi connectivity index (χ4n) is 2.15. The third kappa shape index (κ3) is 2.16. The van der Waals surface area contributed by atoms with Gasteiger partial charge in [-0.1, -0.05) is 6.07 Å². The van der Waals surface area contributed by atoms with Crippen LogP contribution in [0.4, 0.5) is 0 Å². The smallest absolute Gasteiger partial charge is 0.337 e. The lowest BCUT2D eigenvalue weighted by atomic mass is 9.93. The molecular formula is C13H15NO3. The van der Waals surface area contributed by atoms with Gasteiger partial charge >= 0.3 is 5.97 Å². The topological polar surface area (TPSA) is 46.6 Å². The molecule has 0 aromatic heterocycles. The van der Waals surface area contributed by atoms with E-state index in [1.807, 2.05) is 19.1 Å². The molecule has 1 atom stereocenters. The van der Waals surface area contributed by atoms with Gasteiger partial charge < -0.3 is 9.64 Å². The van der Waals surface area contributed by atoms with Crippen molar-refractivity contribution in [1.29, 1.82) is 0 Å². The van der Waals surface area contributed by atoms with E-state index in [1.54, 1.807) is 11.0 Å². The third-order valence-electron chi connectivity index (χ3n) is 3.20. The Hall–Kier alpha value is -1.84. The molecule has 90 valence electrons. The first-order chi connectivity index (χ1) is 8.15. The molecule has 17 heavy (non-hydrogen) atoms. The average Bonchev–Trinajstić information content (AvgIpc) is 2.36. The molecule has 0 radical (unpaired) electrons. The van der Waals surface area contributed by atoms with Crippen LogP contribution < -0.4 is 0 Å². The van der Waals surface area contributed by atoms with Gasteiger partial charge in [-0.25, -0.2) is 4.79 Å². The Morgan fingerprint density at radius 2 is 2.24 bits per heavy atom. The summed E-state index contributed by atoms with van der Waals surface area (Å²) in [5, 5.41) is 0. The standard InChI is InChI=1S/C13H15NO3/c1-9-5-10-3-4-11(13(16)17-2)6-12(10)7-14(9)8-15/h3-4,6,8-9H,5,7H2,1-2H3. The van der Waals surface area contributed by atoms with E-state index in [0.29, 0.717) is 12.1 Å². The number of ether oxygens (including phenoxy) is 1. The van der Waals surface area contributed by atoms with Gasteiger partial charge in [-0.2, -0.15) is 0 Å². The van der Waals surface area contributed by atoms with Crippen molar-refractivity contribution in [3.05, 3.63) is 34.9 Å². The summed E-state index contributed by atoms with van der Waals surface area (Å²) in [5.41, 5.74) is 2.76. The quantitative estimate of drug-likeness (QED) is 0.572. The number of esters is 1. The second-order valence-corrected chi connectivity index (χ2v) is 4.31. The number of fused-ring (bicyclic) bond motifs is 1. The van der Waals surface area contributed by atoms with Gasteiger partial charge in [-0.3, -0.25) is 4.79 Å². The Morgan fingerprint density at radius 1 is 1.47 bits per heavy atom. The molecule has 0 saturated carbocycles. The van der Waals surface area contributed by atoms with Crippen molar-refractivity contribution in [2.75, 3.05) is 7.11 Å². The normalized spacial score (nSPS) is 18.5. The molecule has 0 spiro atoms. The number of hydrogen-bond acceptors (Lipinski definition) is 3. The van der Waals surface area contributed by atoms with E-state index in [9.17, 15) is 9.59 Å². The third-order valence-corrected chi connectivity index (χ3v) is 3.20. The maximum atomic E-state index is 11.4. The van der Waals surface area contributed by atoms with Gasteiger partial charge in [0.05, 0.1) is 12.7 Å². The monoisotopic (exact) mass is 233 g/mol. The van der Waals surface area contributed by atoms with Crippen molar-refractivity contribution in [1.82, 2.24) is 4.90 Å². The van der Waals surface area contributed by atoms with Crippen molar-refractivity contribution in [3.63, 3.8) is 0 Å². The van der Waals surface area contributed by atoms with Crippen molar-refractivity contribution < 1.29 is 14.3 Å². The molecule has 0 N–H and O–H groups in total. The number of amides is 1. The molecule has 2 rings (SSSR count). The number of methoxy groups -OCH3 is 1. The number of hydrogen-bond donors (Lipinski definition) is 0. The van der Waals surface area contributed by atoms with Gasteiger partial charge in [-0.05, 0) is 36.6 Å². The predicted octanol–water partition coefficient (Wildman–Crippen LogP) is 1.38. The summed E-state index contributed by atoms with van der Waals surface area (Å²) in [7, 11) is 1.36. The molecule has 1 aromatic rings. The summed E-state index contributed by atoms with van der Waals surface area (Å²) in [5.74, 6) is -0.343. The Kier molecular flexibility index (Phi) is 3.13. The highest BCUT2D eigenvalue weighted by Crippen LogP contribution is 2.23. The molecule has 4 heteroatoms. The Morgan fingerprint density at radius 3 is 2.88 bits per heavy atom. The second kappa shape index (κ2) is 4.57. The van der Waals surface area contributed by atoms with Gasteiger partial charge in [0.25, 0.3) is 0 Å². The van der Waals surface area contributed by atoms with Gasteiger partial charge in [0.1, 0.15) is 0 Å². The van der Waals surface area contributed by atoms with Gasteiger partial charge in [0.2, 0.25) is 6.41 Å². The summed E-state index contributed by atoms with van der Waals surface area (Å²) < 4.78 is 4.68. The van der Waals surface area contributed by atoms with E-state index < -0.39 is 0 Å². The lowest BCUT2D eigenvalue weighted by molar-refractivity contribution is -0.120. The summed E-state index contributed by atoms with van der Waals surface area (Å²) in [4.78, 5) is 24.0. The average molecular weight is 233 g/mol. The van der Waals surface area contributed by atoms with Crippen LogP contribution in [0.5, 0.6) is 0 Å². The molecule has 0 saturated heterocycles. The van der Waals surface area contributed by atoms with E-state index in [2.05, 4.69) is 4.74 Å². The van der Waals surface area contributed by atoms with Crippen LogP contribution in [0.15, 0.2) is 18.2 Å². The second-order valence-electron chi connectivity index (χ2n) is 4.31. The first-order valence-electron chi connectivity index (χ1n) is 5.57. The summed E-state index contributed by atoms with van der Waals surface area (Å²) in [6, 6.07) is 5.74. The summed E-state index contributed by atoms with van der Waals surface area (Å²) in [6.07, 6.45) is 1.69. The Labute approximate surface area is 100 Å². The first kappa shape index (κ1) is 11.6. The van der Waals surface area contributed by atoms with Crippen LogP contribution in [0, 0.1) is 0 Å². The fraction of sp³-hybridized carbons (Fsp3) is 0.385. The van der Waals surface area contributed by atoms with Crippen LogP contribution in [0.2, 0.25) is 0 Å². The highest BCUT2D eigenvalue weighted by atomic mass is 16.5. The molecule has 1 unspecified atom stereocenters. The zero-order valence-electron chi connectivity index (χ0n) is 9.97. The van der Waals surface area contributed by atoms with E-state index >= 15 is 0 Å². The van der Waals surface area contributed by atoms with Crippen molar-refractivity contribution in [2.24, 2.45) is 0 Å². The molecule has 0 aliphatic carbocycles. The SMILES string of the molecule is COC(=O)c1ccc2c(c1)CN(C=O)C(C)C2. The summed E-state index contributed by atoms with van der Waals surface area (Å²) >= 11 is 0. The molecule has 1 aromatic carbocycles. The van der Waals surface area contributed by atoms with E-state index in [-0.39, 0.29) is 12.0 Å². The minimum absolute atomic E-state index is 0.212. The number of carbonyl (C=O) groups excluding carboxylic acids is 2. The predicted molar refractivity (Wildman–Crippen MR) is 62.6 cm³/mol. The number of nitrogens with zero attached hydrogens (tertiary/aromatic N) is 1. The molecule has 0 bridgehead atoms. The molecule has 1 amide bonds. The highest BCUT2D eigenvalue weighted by Gasteiger charge is 2.22. The van der Waals surface area contributed by atoms with Crippen LogP contribution in [-0.2, 0) is 22.5 Å². The van der Waals surface area contributed by atoms with E-state index in [0.717, 1.165) is 18.4 Å². The zero-order valence-corrected chi connectivity index (χ0v) is 9.97. The Bertz CT molecular complexity index is 456. The van der Waals surface area contributed by atoms with E-state index in [4.69, 9.17) is 0 Å². The summed E-state index contributed by atoms with van der Waals surface area (Å²) in [6.45, 7) is 2.58. The fourth-order valence-corrected chi connectivity index (χ4v) is 2.15. The number of benzene rings is 1. The number of rotatable bonds is 2. The van der Waals surface area contributed by atoms with Gasteiger partial charge in [0, 0.05) is 12.6 Å². The molecular weight excluding hydrogens is 218 g/mol. The highest BCUT2D eigenvalue weighted by molar-refractivity contribution is 5.89. The molecule has 0 fully saturated rings. The van der Waals surface area contributed by atoms with Gasteiger partial charge in [0.15, 0.2) is 0 Å². The lowest BCUT2D eigenvalue weighted by Gasteiger charge is -2.32.